The molecule has 2 aliphatic rings. The maximum atomic E-state index is 4.73. The van der Waals surface area contributed by atoms with Gasteiger partial charge in [0.15, 0.2) is 0 Å². The topological polar surface area (TPSA) is 49.3 Å². The Morgan fingerprint density at radius 1 is 0.846 bits per heavy atom. The van der Waals surface area contributed by atoms with Crippen molar-refractivity contribution < 1.29 is 0 Å². The zero-order valence-corrected chi connectivity index (χ0v) is 14.2. The zero-order chi connectivity index (χ0) is 17.5. The van der Waals surface area contributed by atoms with Gasteiger partial charge in [-0.05, 0) is 29.3 Å². The van der Waals surface area contributed by atoms with Gasteiger partial charge in [0, 0.05) is 29.2 Å². The molecule has 2 unspecified atom stereocenters. The van der Waals surface area contributed by atoms with Gasteiger partial charge < -0.3 is 5.32 Å². The van der Waals surface area contributed by atoms with Gasteiger partial charge in [-0.15, -0.1) is 0 Å². The molecule has 2 atom stereocenters. The first kappa shape index (κ1) is 14.9. The van der Waals surface area contributed by atoms with E-state index in [1.165, 1.54) is 11.1 Å². The summed E-state index contributed by atoms with van der Waals surface area (Å²) in [5.74, 6) is 0.0906. The quantitative estimate of drug-likeness (QED) is 0.732. The van der Waals surface area contributed by atoms with Crippen LogP contribution in [-0.4, -0.2) is 10.7 Å². The first-order chi connectivity index (χ1) is 12.8. The summed E-state index contributed by atoms with van der Waals surface area (Å²) in [4.78, 5) is 4.17. The molecule has 0 saturated carbocycles. The molecule has 0 saturated heterocycles. The Hall–Kier alpha value is -3.40. The Balaban J connectivity index is 1.75. The summed E-state index contributed by atoms with van der Waals surface area (Å²) in [7, 11) is 0. The van der Waals surface area contributed by atoms with Crippen molar-refractivity contribution in [2.75, 3.05) is 5.32 Å². The van der Waals surface area contributed by atoms with E-state index in [4.69, 9.17) is 5.10 Å². The lowest BCUT2D eigenvalue weighted by atomic mass is 9.76. The summed E-state index contributed by atoms with van der Waals surface area (Å²) >= 11 is 0. The van der Waals surface area contributed by atoms with Gasteiger partial charge in [-0.25, -0.2) is 0 Å². The molecule has 4 nitrogen and oxygen atoms in total. The van der Waals surface area contributed by atoms with E-state index >= 15 is 0 Å². The van der Waals surface area contributed by atoms with Crippen LogP contribution < -0.4 is 10.7 Å². The highest BCUT2D eigenvalue weighted by Gasteiger charge is 2.38. The predicted octanol–water partition coefficient (Wildman–Crippen LogP) is 4.31. The van der Waals surface area contributed by atoms with Crippen molar-refractivity contribution in [3.63, 3.8) is 0 Å². The van der Waals surface area contributed by atoms with Crippen molar-refractivity contribution in [2.45, 2.75) is 12.0 Å². The van der Waals surface area contributed by atoms with Crippen LogP contribution in [0.4, 0.5) is 5.69 Å². The second-order valence-electron chi connectivity index (χ2n) is 6.61. The van der Waals surface area contributed by atoms with Crippen LogP contribution >= 0.6 is 0 Å². The van der Waals surface area contributed by atoms with Crippen LogP contribution in [0.3, 0.4) is 0 Å². The van der Waals surface area contributed by atoms with Crippen molar-refractivity contribution in [1.29, 1.82) is 0 Å². The number of benzene rings is 2. The van der Waals surface area contributed by atoms with E-state index in [2.05, 4.69) is 76.9 Å². The standard InChI is InChI=1S/C22H18N4/c1-14-17-8-5-9-18-20(17)22(26-25-14)19(15-6-3-2-4-7-15)21(24-18)16-10-12-23-13-11-16/h2-13,19,21,24-25H,1H2. The minimum absolute atomic E-state index is 0.0788. The molecule has 26 heavy (non-hydrogen) atoms. The first-order valence-electron chi connectivity index (χ1n) is 8.70. The van der Waals surface area contributed by atoms with Gasteiger partial charge in [-0.2, -0.15) is 5.10 Å². The number of anilines is 1. The first-order valence-corrected chi connectivity index (χ1v) is 8.70. The monoisotopic (exact) mass is 338 g/mol. The number of nitrogens with one attached hydrogen (secondary N) is 2. The number of nitrogens with zero attached hydrogens (tertiary/aromatic N) is 2. The molecule has 2 aliphatic heterocycles. The Kier molecular flexibility index (Phi) is 3.35. The van der Waals surface area contributed by atoms with Crippen LogP contribution in [0.1, 0.15) is 34.2 Å². The molecule has 3 aromatic rings. The second kappa shape index (κ2) is 5.85. The van der Waals surface area contributed by atoms with E-state index in [9.17, 15) is 0 Å². The predicted molar refractivity (Wildman–Crippen MR) is 105 cm³/mol. The third kappa shape index (κ3) is 2.23. The van der Waals surface area contributed by atoms with Crippen LogP contribution in [0.5, 0.6) is 0 Å². The zero-order valence-electron chi connectivity index (χ0n) is 14.2. The fourth-order valence-electron chi connectivity index (χ4n) is 3.93. The van der Waals surface area contributed by atoms with Crippen LogP contribution in [0.15, 0.2) is 84.7 Å². The van der Waals surface area contributed by atoms with Crippen LogP contribution in [0, 0.1) is 0 Å². The summed E-state index contributed by atoms with van der Waals surface area (Å²) in [6.07, 6.45) is 3.68. The number of rotatable bonds is 2. The maximum Gasteiger partial charge on any atom is 0.0805 e. The van der Waals surface area contributed by atoms with Gasteiger partial charge in [0.2, 0.25) is 0 Å². The lowest BCUT2D eigenvalue weighted by Gasteiger charge is -2.39. The molecule has 0 radical (unpaired) electrons. The van der Waals surface area contributed by atoms with Gasteiger partial charge in [0.05, 0.1) is 23.4 Å². The third-order valence-electron chi connectivity index (χ3n) is 5.12. The highest BCUT2D eigenvalue weighted by atomic mass is 15.3. The molecule has 0 amide bonds. The van der Waals surface area contributed by atoms with Crippen LogP contribution in [0.2, 0.25) is 0 Å². The maximum absolute atomic E-state index is 4.73. The molecule has 1 aromatic heterocycles. The van der Waals surface area contributed by atoms with E-state index < -0.39 is 0 Å². The lowest BCUT2D eigenvalue weighted by Crippen LogP contribution is -2.36. The molecule has 0 fully saturated rings. The largest absolute Gasteiger partial charge is 0.377 e. The fourth-order valence-corrected chi connectivity index (χ4v) is 3.93. The van der Waals surface area contributed by atoms with E-state index in [0.29, 0.717) is 0 Å². The van der Waals surface area contributed by atoms with Crippen molar-refractivity contribution in [3.8, 4) is 0 Å². The molecule has 0 aliphatic carbocycles. The molecule has 0 spiro atoms. The average Bonchev–Trinajstić information content (AvgIpc) is 2.71. The minimum Gasteiger partial charge on any atom is -0.377 e. The summed E-state index contributed by atoms with van der Waals surface area (Å²) in [6, 6.07) is 21.0. The molecule has 2 N–H and O–H groups in total. The summed E-state index contributed by atoms with van der Waals surface area (Å²) in [5, 5.41) is 8.47. The Labute approximate surface area is 152 Å². The third-order valence-corrected chi connectivity index (χ3v) is 5.12. The number of aromatic nitrogens is 1. The molecule has 5 rings (SSSR count). The summed E-state index contributed by atoms with van der Waals surface area (Å²) in [6.45, 7) is 4.11. The van der Waals surface area contributed by atoms with E-state index in [0.717, 1.165) is 28.2 Å². The van der Waals surface area contributed by atoms with Crippen molar-refractivity contribution in [3.05, 3.63) is 102 Å². The molecule has 3 heterocycles. The molecule has 4 heteroatoms. The normalized spacial score (nSPS) is 20.5. The smallest absolute Gasteiger partial charge is 0.0805 e. The van der Waals surface area contributed by atoms with Crippen molar-refractivity contribution >= 4 is 17.1 Å². The molecular weight excluding hydrogens is 320 g/mol. The molecular formula is C22H18N4. The van der Waals surface area contributed by atoms with Gasteiger partial charge in [-0.3, -0.25) is 10.4 Å². The number of hydrogen-bond donors (Lipinski definition) is 2. The Bertz CT molecular complexity index is 1010. The average molecular weight is 338 g/mol. The van der Waals surface area contributed by atoms with Crippen molar-refractivity contribution in [2.24, 2.45) is 5.10 Å². The van der Waals surface area contributed by atoms with E-state index in [-0.39, 0.29) is 12.0 Å². The molecule has 0 bridgehead atoms. The lowest BCUT2D eigenvalue weighted by molar-refractivity contribution is 0.697. The second-order valence-corrected chi connectivity index (χ2v) is 6.61. The van der Waals surface area contributed by atoms with Crippen LogP contribution in [-0.2, 0) is 0 Å². The SMILES string of the molecule is C=C1NN=C2c3c(cccc31)NC(c1ccncc1)C2c1ccccc1. The minimum atomic E-state index is 0.0788. The van der Waals surface area contributed by atoms with Crippen molar-refractivity contribution in [1.82, 2.24) is 10.4 Å². The molecule has 2 aromatic carbocycles. The van der Waals surface area contributed by atoms with Gasteiger partial charge in [-0.1, -0.05) is 49.0 Å². The van der Waals surface area contributed by atoms with Gasteiger partial charge in [0.25, 0.3) is 0 Å². The highest BCUT2D eigenvalue weighted by Crippen LogP contribution is 2.45. The summed E-state index contributed by atoms with van der Waals surface area (Å²) < 4.78 is 0. The highest BCUT2D eigenvalue weighted by molar-refractivity contribution is 6.15. The van der Waals surface area contributed by atoms with Crippen LogP contribution in [0.25, 0.3) is 5.70 Å². The Morgan fingerprint density at radius 3 is 2.46 bits per heavy atom. The number of hydrazone groups is 1. The van der Waals surface area contributed by atoms with E-state index in [1.54, 1.807) is 0 Å². The number of hydrogen-bond acceptors (Lipinski definition) is 4. The molecule has 126 valence electrons. The van der Waals surface area contributed by atoms with Gasteiger partial charge in [0.1, 0.15) is 0 Å². The van der Waals surface area contributed by atoms with E-state index in [1.807, 2.05) is 18.5 Å². The summed E-state index contributed by atoms with van der Waals surface area (Å²) in [5.41, 5.74) is 10.8. The fraction of sp³-hybridized carbons (Fsp3) is 0.0909. The van der Waals surface area contributed by atoms with Gasteiger partial charge >= 0.3 is 0 Å². The Morgan fingerprint density at radius 2 is 1.65 bits per heavy atom. The number of pyridine rings is 1.